The minimum absolute atomic E-state index is 1.14. The van der Waals surface area contributed by atoms with Crippen LogP contribution in [0.15, 0.2) is 18.3 Å². The Morgan fingerprint density at radius 3 is 2.67 bits per heavy atom. The van der Waals surface area contributed by atoms with Crippen molar-refractivity contribution in [2.45, 2.75) is 0 Å². The average Bonchev–Trinajstić information content (AvgIpc) is 1.86. The van der Waals surface area contributed by atoms with Gasteiger partial charge in [0.2, 0.25) is 0 Å². The fraction of sp³-hybridized carbons (Fsp3) is 0. The first-order chi connectivity index (χ1) is 2.89. The van der Waals surface area contributed by atoms with Gasteiger partial charge in [-0.2, -0.15) is 0 Å². The Labute approximate surface area is 52.4 Å². The quantitative estimate of drug-likeness (QED) is 0.631. The van der Waals surface area contributed by atoms with E-state index in [1.165, 1.54) is 3.25 Å². The van der Waals surface area contributed by atoms with Crippen LogP contribution in [0.25, 0.3) is 0 Å². The molecule has 0 aliphatic rings. The van der Waals surface area contributed by atoms with Crippen molar-refractivity contribution in [1.82, 2.24) is 4.98 Å². The van der Waals surface area contributed by atoms with Crippen LogP contribution in [0.2, 0.25) is 0 Å². The van der Waals surface area contributed by atoms with Crippen molar-refractivity contribution < 1.29 is 0 Å². The van der Waals surface area contributed by atoms with Crippen LogP contribution in [0, 0.1) is 0 Å². The summed E-state index contributed by atoms with van der Waals surface area (Å²) in [5.74, 6) is 0. The molecule has 1 aromatic rings. The fourth-order valence-electron chi connectivity index (χ4n) is 0.330. The van der Waals surface area contributed by atoms with E-state index in [9.17, 15) is 0 Å². The Kier molecular flexibility index (Phi) is 1.29. The second-order valence-electron chi connectivity index (χ2n) is 1.08. The summed E-state index contributed by atoms with van der Waals surface area (Å²) >= 11 is 1.14. The van der Waals surface area contributed by atoms with Gasteiger partial charge in [0.25, 0.3) is 0 Å². The molecule has 1 heterocycles. The molecule has 1 nitrogen and oxygen atoms in total. The standard InChI is InChI=1S/C4H4N.Pb/c1-2-4-5-3-1;/h1-3,5H;. The van der Waals surface area contributed by atoms with Gasteiger partial charge in [-0.3, -0.25) is 0 Å². The molecule has 0 saturated carbocycles. The van der Waals surface area contributed by atoms with Crippen LogP contribution in [-0.4, -0.2) is 30.8 Å². The molecule has 1 aromatic heterocycles. The van der Waals surface area contributed by atoms with Crippen molar-refractivity contribution in [3.8, 4) is 0 Å². The van der Waals surface area contributed by atoms with E-state index >= 15 is 0 Å². The van der Waals surface area contributed by atoms with E-state index < -0.39 is 0 Å². The average molecular weight is 273 g/mol. The Bertz CT molecular complexity index is 111. The number of nitrogens with one attached hydrogen (secondary N) is 1. The molecule has 0 atom stereocenters. The maximum atomic E-state index is 3.06. The summed E-state index contributed by atoms with van der Waals surface area (Å²) in [4.78, 5) is 3.06. The minimum atomic E-state index is 1.14. The summed E-state index contributed by atoms with van der Waals surface area (Å²) in [7, 11) is 0. The number of hydrogen-bond donors (Lipinski definition) is 1. The topological polar surface area (TPSA) is 15.8 Å². The van der Waals surface area contributed by atoms with Gasteiger partial charge in [-0.15, -0.1) is 0 Å². The van der Waals surface area contributed by atoms with Gasteiger partial charge in [0.15, 0.2) is 0 Å². The van der Waals surface area contributed by atoms with Gasteiger partial charge in [0, 0.05) is 0 Å². The van der Waals surface area contributed by atoms with Crippen LogP contribution in [0.5, 0.6) is 0 Å². The van der Waals surface area contributed by atoms with Gasteiger partial charge in [-0.05, 0) is 0 Å². The van der Waals surface area contributed by atoms with Crippen LogP contribution < -0.4 is 3.25 Å². The summed E-state index contributed by atoms with van der Waals surface area (Å²) in [6.45, 7) is 0. The first kappa shape index (κ1) is 4.36. The predicted octanol–water partition coefficient (Wildman–Crippen LogP) is -0.191. The molecular weight excluding hydrogens is 269 g/mol. The van der Waals surface area contributed by atoms with Crippen molar-refractivity contribution in [3.05, 3.63) is 18.3 Å². The molecule has 0 bridgehead atoms. The van der Waals surface area contributed by atoms with E-state index in [0.717, 1.165) is 25.8 Å². The van der Waals surface area contributed by atoms with Crippen LogP contribution in [0.1, 0.15) is 0 Å². The van der Waals surface area contributed by atoms with E-state index in [1.807, 2.05) is 12.3 Å². The number of rotatable bonds is 0. The van der Waals surface area contributed by atoms with Gasteiger partial charge >= 0.3 is 52.3 Å². The first-order valence-corrected chi connectivity index (χ1v) is 3.69. The SMILES string of the molecule is [Pb][c]1ccc[nH]1. The van der Waals surface area contributed by atoms with E-state index in [2.05, 4.69) is 11.1 Å². The third-order valence-electron chi connectivity index (χ3n) is 0.598. The fourth-order valence-corrected chi connectivity index (χ4v) is 1.03. The molecular formula is C4H4NPb. The molecule has 0 aromatic carbocycles. The van der Waals surface area contributed by atoms with Crippen molar-refractivity contribution >= 4 is 29.0 Å². The molecule has 0 amide bonds. The Balaban J connectivity index is 3.05. The van der Waals surface area contributed by atoms with Gasteiger partial charge < -0.3 is 0 Å². The van der Waals surface area contributed by atoms with Crippen LogP contribution in [0.4, 0.5) is 0 Å². The Morgan fingerprint density at radius 1 is 1.67 bits per heavy atom. The number of aromatic nitrogens is 1. The third kappa shape index (κ3) is 0.831. The van der Waals surface area contributed by atoms with Crippen LogP contribution >= 0.6 is 0 Å². The first-order valence-electron chi connectivity index (χ1n) is 1.74. The van der Waals surface area contributed by atoms with Crippen LogP contribution in [0.3, 0.4) is 0 Å². The molecule has 0 spiro atoms. The van der Waals surface area contributed by atoms with Crippen LogP contribution in [-0.2, 0) is 0 Å². The zero-order valence-corrected chi connectivity index (χ0v) is 7.12. The van der Waals surface area contributed by atoms with Gasteiger partial charge in [0.1, 0.15) is 0 Å². The summed E-state index contributed by atoms with van der Waals surface area (Å²) in [5, 5.41) is 0. The number of H-pyrrole nitrogens is 1. The molecule has 0 aliphatic carbocycles. The van der Waals surface area contributed by atoms with E-state index in [4.69, 9.17) is 0 Å². The molecule has 0 unspecified atom stereocenters. The molecule has 0 aliphatic heterocycles. The molecule has 1 N–H and O–H groups in total. The number of hydrogen-bond acceptors (Lipinski definition) is 0. The summed E-state index contributed by atoms with van der Waals surface area (Å²) in [6.07, 6.45) is 1.95. The molecule has 0 fully saturated rings. The van der Waals surface area contributed by atoms with Crippen molar-refractivity contribution in [2.24, 2.45) is 0 Å². The second kappa shape index (κ2) is 1.77. The third-order valence-corrected chi connectivity index (χ3v) is 1.81. The molecule has 6 heavy (non-hydrogen) atoms. The van der Waals surface area contributed by atoms with Gasteiger partial charge in [-0.1, -0.05) is 0 Å². The Hall–Kier alpha value is 0.202. The van der Waals surface area contributed by atoms with E-state index in [1.54, 1.807) is 0 Å². The molecule has 0 saturated heterocycles. The molecule has 2 heteroatoms. The van der Waals surface area contributed by atoms with E-state index in [-0.39, 0.29) is 0 Å². The van der Waals surface area contributed by atoms with Crippen molar-refractivity contribution in [1.29, 1.82) is 0 Å². The summed E-state index contributed by atoms with van der Waals surface area (Å²) < 4.78 is 1.36. The van der Waals surface area contributed by atoms with Gasteiger partial charge in [-0.25, -0.2) is 0 Å². The zero-order chi connectivity index (χ0) is 4.41. The summed E-state index contributed by atoms with van der Waals surface area (Å²) in [5.41, 5.74) is 0. The van der Waals surface area contributed by atoms with Gasteiger partial charge in [0.05, 0.1) is 0 Å². The summed E-state index contributed by atoms with van der Waals surface area (Å²) in [6, 6.07) is 4.11. The molecule has 1 rings (SSSR count). The van der Waals surface area contributed by atoms with Crippen molar-refractivity contribution in [2.75, 3.05) is 0 Å². The maximum absolute atomic E-state index is 3.06. The monoisotopic (exact) mass is 274 g/mol. The van der Waals surface area contributed by atoms with Crippen molar-refractivity contribution in [3.63, 3.8) is 0 Å². The second-order valence-corrected chi connectivity index (χ2v) is 3.18. The Morgan fingerprint density at radius 2 is 2.50 bits per heavy atom. The molecule has 3 radical (unpaired) electrons. The normalized spacial score (nSPS) is 8.83. The van der Waals surface area contributed by atoms with E-state index in [0.29, 0.717) is 0 Å². The predicted molar refractivity (Wildman–Crippen MR) is 26.2 cm³/mol. The zero-order valence-electron chi connectivity index (χ0n) is 3.23. The molecule has 29 valence electrons. The number of aromatic amines is 1.